The number of benzene rings is 1. The Hall–Kier alpha value is -3.48. The summed E-state index contributed by atoms with van der Waals surface area (Å²) in [7, 11) is 0. The van der Waals surface area contributed by atoms with Crippen molar-refractivity contribution >= 4 is 16.8 Å². The summed E-state index contributed by atoms with van der Waals surface area (Å²) in [6, 6.07) is 7.08. The van der Waals surface area contributed by atoms with Gasteiger partial charge in [0.2, 0.25) is 5.91 Å². The number of nitrogens with zero attached hydrogens (tertiary/aromatic N) is 2. The molecule has 142 valence electrons. The van der Waals surface area contributed by atoms with E-state index in [-0.39, 0.29) is 28.7 Å². The molecule has 7 heteroatoms. The highest BCUT2D eigenvalue weighted by Crippen LogP contribution is 2.29. The topological polar surface area (TPSA) is 86.3 Å². The van der Waals surface area contributed by atoms with E-state index in [1.54, 1.807) is 17.0 Å². The maximum Gasteiger partial charge on any atom is 0.257 e. The van der Waals surface area contributed by atoms with E-state index in [1.807, 2.05) is 0 Å². The molecule has 1 fully saturated rings. The van der Waals surface area contributed by atoms with Crippen LogP contribution in [0.4, 0.5) is 4.39 Å². The summed E-state index contributed by atoms with van der Waals surface area (Å²) >= 11 is 0. The van der Waals surface area contributed by atoms with Gasteiger partial charge in [0.15, 0.2) is 0 Å². The maximum absolute atomic E-state index is 14.1. The van der Waals surface area contributed by atoms with Crippen LogP contribution in [0.1, 0.15) is 18.0 Å². The van der Waals surface area contributed by atoms with Crippen LogP contribution in [0.15, 0.2) is 54.0 Å². The van der Waals surface area contributed by atoms with Gasteiger partial charge >= 0.3 is 0 Å². The number of fused-ring (bicyclic) bond motifs is 1. The number of pyridine rings is 2. The molecule has 1 aromatic carbocycles. The molecule has 0 radical (unpaired) electrons. The Kier molecular flexibility index (Phi) is 4.43. The zero-order valence-electron chi connectivity index (χ0n) is 15.0. The molecule has 1 amide bonds. The fourth-order valence-corrected chi connectivity index (χ4v) is 3.60. The van der Waals surface area contributed by atoms with Gasteiger partial charge in [0.25, 0.3) is 5.56 Å². The van der Waals surface area contributed by atoms with Crippen LogP contribution in [-0.2, 0) is 4.79 Å². The molecule has 2 aromatic heterocycles. The Morgan fingerprint density at radius 3 is 2.96 bits per heavy atom. The average molecular weight is 379 g/mol. The van der Waals surface area contributed by atoms with Crippen molar-refractivity contribution in [2.75, 3.05) is 13.1 Å². The molecule has 1 saturated heterocycles. The normalized spacial score (nSPS) is 16.5. The van der Waals surface area contributed by atoms with Gasteiger partial charge in [-0.05, 0) is 42.8 Å². The maximum atomic E-state index is 14.1. The highest BCUT2D eigenvalue weighted by atomic mass is 19.1. The van der Waals surface area contributed by atoms with Crippen molar-refractivity contribution in [3.05, 3.63) is 71.0 Å². The number of amides is 1. The first-order valence-electron chi connectivity index (χ1n) is 8.89. The standard InChI is InChI=1S/C21H18FN3O3/c1-2-20(27)25-6-5-12(11-25)18-9-19-16(21(28)24-18)7-13(10-23-19)15-8-14(26)3-4-17(15)22/h2-4,7-10,12,26H,1,5-6,11H2,(H,24,28). The zero-order chi connectivity index (χ0) is 19.8. The molecule has 3 heterocycles. The lowest BCUT2D eigenvalue weighted by molar-refractivity contribution is -0.125. The van der Waals surface area contributed by atoms with E-state index in [0.29, 0.717) is 29.6 Å². The number of phenolic OH excluding ortho intramolecular Hbond substituents is 1. The Morgan fingerprint density at radius 2 is 2.18 bits per heavy atom. The second-order valence-corrected chi connectivity index (χ2v) is 6.85. The summed E-state index contributed by atoms with van der Waals surface area (Å²) in [5.74, 6) is -0.682. The summed E-state index contributed by atoms with van der Waals surface area (Å²) in [6.07, 6.45) is 3.51. The van der Waals surface area contributed by atoms with E-state index in [1.165, 1.54) is 30.5 Å². The first kappa shape index (κ1) is 17.9. The second-order valence-electron chi connectivity index (χ2n) is 6.85. The molecule has 3 aromatic rings. The fraction of sp³-hybridized carbons (Fsp3) is 0.190. The minimum Gasteiger partial charge on any atom is -0.508 e. The molecule has 0 aliphatic carbocycles. The van der Waals surface area contributed by atoms with Gasteiger partial charge in [-0.25, -0.2) is 4.39 Å². The van der Waals surface area contributed by atoms with Gasteiger partial charge in [0, 0.05) is 42.0 Å². The Morgan fingerprint density at radius 1 is 1.36 bits per heavy atom. The molecule has 4 rings (SSSR count). The van der Waals surface area contributed by atoms with E-state index < -0.39 is 5.82 Å². The number of hydrogen-bond donors (Lipinski definition) is 2. The molecule has 1 atom stereocenters. The predicted molar refractivity (Wildman–Crippen MR) is 104 cm³/mol. The van der Waals surface area contributed by atoms with Gasteiger partial charge in [-0.15, -0.1) is 0 Å². The Labute approximate surface area is 160 Å². The highest BCUT2D eigenvalue weighted by molar-refractivity contribution is 5.87. The average Bonchev–Trinajstić information content (AvgIpc) is 3.19. The minimum atomic E-state index is -0.509. The molecule has 0 bridgehead atoms. The number of hydrogen-bond acceptors (Lipinski definition) is 4. The van der Waals surface area contributed by atoms with E-state index >= 15 is 0 Å². The number of aromatic amines is 1. The monoisotopic (exact) mass is 379 g/mol. The van der Waals surface area contributed by atoms with Crippen molar-refractivity contribution in [2.45, 2.75) is 12.3 Å². The highest BCUT2D eigenvalue weighted by Gasteiger charge is 2.27. The number of carbonyl (C=O) groups excluding carboxylic acids is 1. The van der Waals surface area contributed by atoms with Crippen LogP contribution in [0, 0.1) is 5.82 Å². The van der Waals surface area contributed by atoms with Gasteiger partial charge in [0.05, 0.1) is 10.9 Å². The summed E-state index contributed by atoms with van der Waals surface area (Å²) in [5, 5.41) is 9.95. The number of phenols is 1. The van der Waals surface area contributed by atoms with Crippen LogP contribution in [0.5, 0.6) is 5.75 Å². The number of aromatic nitrogens is 2. The smallest absolute Gasteiger partial charge is 0.257 e. The van der Waals surface area contributed by atoms with Crippen molar-refractivity contribution in [2.24, 2.45) is 0 Å². The zero-order valence-corrected chi connectivity index (χ0v) is 15.0. The molecule has 2 N–H and O–H groups in total. The van der Waals surface area contributed by atoms with E-state index in [0.717, 1.165) is 12.1 Å². The molecule has 28 heavy (non-hydrogen) atoms. The molecule has 0 saturated carbocycles. The van der Waals surface area contributed by atoms with Crippen LogP contribution in [-0.4, -0.2) is 39.0 Å². The van der Waals surface area contributed by atoms with Gasteiger partial charge in [-0.1, -0.05) is 6.58 Å². The summed E-state index contributed by atoms with van der Waals surface area (Å²) < 4.78 is 14.1. The lowest BCUT2D eigenvalue weighted by Crippen LogP contribution is -2.26. The third kappa shape index (κ3) is 3.15. The molecular formula is C21H18FN3O3. The predicted octanol–water partition coefficient (Wildman–Crippen LogP) is 2.94. The van der Waals surface area contributed by atoms with Crippen molar-refractivity contribution < 1.29 is 14.3 Å². The number of H-pyrrole nitrogens is 1. The third-order valence-electron chi connectivity index (χ3n) is 5.09. The van der Waals surface area contributed by atoms with Crippen molar-refractivity contribution in [1.82, 2.24) is 14.9 Å². The van der Waals surface area contributed by atoms with E-state index in [2.05, 4.69) is 16.5 Å². The molecule has 1 aliphatic rings. The largest absolute Gasteiger partial charge is 0.508 e. The van der Waals surface area contributed by atoms with Gasteiger partial charge in [-0.2, -0.15) is 0 Å². The lowest BCUT2D eigenvalue weighted by Gasteiger charge is -2.14. The number of halogens is 1. The Bertz CT molecular complexity index is 1160. The molecule has 0 spiro atoms. The summed E-state index contributed by atoms with van der Waals surface area (Å²) in [6.45, 7) is 4.62. The SMILES string of the molecule is C=CC(=O)N1CCC(c2cc3ncc(-c4cc(O)ccc4F)cc3c(=O)[nH]2)C1. The number of likely N-dealkylation sites (tertiary alicyclic amines) is 1. The van der Waals surface area contributed by atoms with E-state index in [4.69, 9.17) is 0 Å². The number of rotatable bonds is 3. The first-order chi connectivity index (χ1) is 13.5. The molecule has 6 nitrogen and oxygen atoms in total. The molecular weight excluding hydrogens is 361 g/mol. The first-order valence-corrected chi connectivity index (χ1v) is 8.89. The van der Waals surface area contributed by atoms with Crippen LogP contribution >= 0.6 is 0 Å². The number of carbonyl (C=O) groups is 1. The fourth-order valence-electron chi connectivity index (χ4n) is 3.60. The van der Waals surface area contributed by atoms with Crippen LogP contribution in [0.2, 0.25) is 0 Å². The second kappa shape index (κ2) is 6.92. The Balaban J connectivity index is 1.71. The van der Waals surface area contributed by atoms with Crippen LogP contribution in [0.25, 0.3) is 22.0 Å². The lowest BCUT2D eigenvalue weighted by atomic mass is 10.0. The molecule has 1 aliphatic heterocycles. The van der Waals surface area contributed by atoms with Crippen molar-refractivity contribution in [1.29, 1.82) is 0 Å². The van der Waals surface area contributed by atoms with Crippen molar-refractivity contribution in [3.8, 4) is 16.9 Å². The number of aromatic hydroxyl groups is 1. The summed E-state index contributed by atoms with van der Waals surface area (Å²) in [4.78, 5) is 33.3. The number of nitrogens with one attached hydrogen (secondary N) is 1. The minimum absolute atomic E-state index is 0.0194. The van der Waals surface area contributed by atoms with Crippen LogP contribution < -0.4 is 5.56 Å². The summed E-state index contributed by atoms with van der Waals surface area (Å²) in [5.41, 5.74) is 1.48. The third-order valence-corrected chi connectivity index (χ3v) is 5.09. The van der Waals surface area contributed by atoms with Crippen molar-refractivity contribution in [3.63, 3.8) is 0 Å². The van der Waals surface area contributed by atoms with Crippen LogP contribution in [0.3, 0.4) is 0 Å². The van der Waals surface area contributed by atoms with Gasteiger partial charge in [0.1, 0.15) is 11.6 Å². The van der Waals surface area contributed by atoms with Gasteiger partial charge < -0.3 is 15.0 Å². The van der Waals surface area contributed by atoms with E-state index in [9.17, 15) is 19.1 Å². The van der Waals surface area contributed by atoms with Gasteiger partial charge in [-0.3, -0.25) is 14.6 Å². The quantitative estimate of drug-likeness (QED) is 0.685. The molecule has 1 unspecified atom stereocenters.